The summed E-state index contributed by atoms with van der Waals surface area (Å²) in [4.78, 5) is 11.8. The summed E-state index contributed by atoms with van der Waals surface area (Å²) in [5.74, 6) is 0.687. The van der Waals surface area contributed by atoms with E-state index in [4.69, 9.17) is 4.74 Å². The van der Waals surface area contributed by atoms with Crippen molar-refractivity contribution in [3.63, 3.8) is 0 Å². The van der Waals surface area contributed by atoms with E-state index in [2.05, 4.69) is 10.6 Å². The lowest BCUT2D eigenvalue weighted by atomic mass is 10.1. The molecule has 1 rings (SSSR count). The number of ether oxygens (including phenoxy) is 1. The minimum atomic E-state index is -0.236. The first-order valence-electron chi connectivity index (χ1n) is 6.50. The molecular weight excluding hydrogens is 240 g/mol. The van der Waals surface area contributed by atoms with Gasteiger partial charge in [-0.2, -0.15) is 0 Å². The van der Waals surface area contributed by atoms with Crippen LogP contribution in [0.1, 0.15) is 31.9 Å². The number of hydrogen-bond donors (Lipinski definition) is 2. The lowest BCUT2D eigenvalue weighted by Crippen LogP contribution is -2.43. The van der Waals surface area contributed by atoms with E-state index in [-0.39, 0.29) is 18.1 Å². The van der Waals surface area contributed by atoms with Crippen LogP contribution < -0.4 is 15.4 Å². The molecule has 0 radical (unpaired) electrons. The minimum Gasteiger partial charge on any atom is -0.483 e. The number of benzene rings is 1. The van der Waals surface area contributed by atoms with Crippen molar-refractivity contribution in [1.29, 1.82) is 0 Å². The Bertz CT molecular complexity index is 436. The average Bonchev–Trinajstić information content (AvgIpc) is 2.26. The maximum Gasteiger partial charge on any atom is 0.258 e. The average molecular weight is 264 g/mol. The molecule has 0 fully saturated rings. The number of aryl methyl sites for hydroxylation is 1. The molecule has 0 aromatic heterocycles. The van der Waals surface area contributed by atoms with Crippen LogP contribution in [0.3, 0.4) is 0 Å². The molecule has 19 heavy (non-hydrogen) atoms. The van der Waals surface area contributed by atoms with Gasteiger partial charge in [-0.25, -0.2) is 0 Å². The van der Waals surface area contributed by atoms with Crippen LogP contribution >= 0.6 is 0 Å². The summed E-state index contributed by atoms with van der Waals surface area (Å²) < 4.78 is 5.68. The van der Waals surface area contributed by atoms with Crippen molar-refractivity contribution in [2.75, 3.05) is 13.7 Å². The van der Waals surface area contributed by atoms with Gasteiger partial charge in [0.2, 0.25) is 0 Å². The smallest absolute Gasteiger partial charge is 0.258 e. The fraction of sp³-hybridized carbons (Fsp3) is 0.533. The van der Waals surface area contributed by atoms with Crippen molar-refractivity contribution < 1.29 is 9.53 Å². The van der Waals surface area contributed by atoms with Gasteiger partial charge in [-0.15, -0.1) is 0 Å². The topological polar surface area (TPSA) is 50.4 Å². The first-order valence-corrected chi connectivity index (χ1v) is 6.50. The van der Waals surface area contributed by atoms with E-state index >= 15 is 0 Å². The van der Waals surface area contributed by atoms with Crippen LogP contribution in [0.15, 0.2) is 18.2 Å². The van der Waals surface area contributed by atoms with E-state index < -0.39 is 0 Å². The second-order valence-electron chi connectivity index (χ2n) is 5.68. The summed E-state index contributed by atoms with van der Waals surface area (Å²) in [6.45, 7) is 8.59. The van der Waals surface area contributed by atoms with E-state index in [9.17, 15) is 4.79 Å². The molecule has 4 heteroatoms. The SMILES string of the molecule is CNCc1cccc(C)c1OCC(=O)NC(C)(C)C. The minimum absolute atomic E-state index is 0.0405. The van der Waals surface area contributed by atoms with Crippen LogP contribution in [0.5, 0.6) is 5.75 Å². The number of amides is 1. The Hall–Kier alpha value is -1.55. The van der Waals surface area contributed by atoms with Crippen molar-refractivity contribution in [2.24, 2.45) is 0 Å². The van der Waals surface area contributed by atoms with Crippen LogP contribution in [-0.2, 0) is 11.3 Å². The number of carbonyl (C=O) groups is 1. The third-order valence-corrected chi connectivity index (χ3v) is 2.52. The fourth-order valence-corrected chi connectivity index (χ4v) is 1.84. The summed E-state index contributed by atoms with van der Waals surface area (Å²) in [6, 6.07) is 5.97. The van der Waals surface area contributed by atoms with Gasteiger partial charge in [0.25, 0.3) is 5.91 Å². The van der Waals surface area contributed by atoms with Gasteiger partial charge in [0, 0.05) is 17.6 Å². The third kappa shape index (κ3) is 5.30. The summed E-state index contributed by atoms with van der Waals surface area (Å²) in [6.07, 6.45) is 0. The van der Waals surface area contributed by atoms with Crippen molar-refractivity contribution in [3.05, 3.63) is 29.3 Å². The maximum absolute atomic E-state index is 11.8. The lowest BCUT2D eigenvalue weighted by molar-refractivity contribution is -0.124. The summed E-state index contributed by atoms with van der Waals surface area (Å²) in [5, 5.41) is 5.98. The molecule has 0 heterocycles. The molecule has 0 spiro atoms. The van der Waals surface area contributed by atoms with Crippen LogP contribution in [0, 0.1) is 6.92 Å². The van der Waals surface area contributed by atoms with E-state index in [1.165, 1.54) is 0 Å². The van der Waals surface area contributed by atoms with Gasteiger partial charge in [-0.1, -0.05) is 18.2 Å². The molecule has 0 atom stereocenters. The van der Waals surface area contributed by atoms with Crippen LogP contribution in [0.4, 0.5) is 0 Å². The number of rotatable bonds is 5. The first-order chi connectivity index (χ1) is 8.83. The van der Waals surface area contributed by atoms with E-state index in [1.54, 1.807) is 0 Å². The molecule has 106 valence electrons. The van der Waals surface area contributed by atoms with Crippen molar-refractivity contribution in [1.82, 2.24) is 10.6 Å². The Kier molecular flexibility index (Phi) is 5.36. The predicted molar refractivity (Wildman–Crippen MR) is 77.3 cm³/mol. The highest BCUT2D eigenvalue weighted by Crippen LogP contribution is 2.23. The van der Waals surface area contributed by atoms with Crippen LogP contribution in [0.2, 0.25) is 0 Å². The number of hydrogen-bond acceptors (Lipinski definition) is 3. The Labute approximate surface area is 115 Å². The van der Waals surface area contributed by atoms with E-state index in [1.807, 2.05) is 52.9 Å². The van der Waals surface area contributed by atoms with Gasteiger partial charge < -0.3 is 15.4 Å². The van der Waals surface area contributed by atoms with E-state index in [0.29, 0.717) is 0 Å². The summed E-state index contributed by atoms with van der Waals surface area (Å²) in [5.41, 5.74) is 1.86. The molecule has 1 aromatic carbocycles. The maximum atomic E-state index is 11.8. The molecule has 0 saturated heterocycles. The highest BCUT2D eigenvalue weighted by atomic mass is 16.5. The highest BCUT2D eigenvalue weighted by Gasteiger charge is 2.15. The Balaban J connectivity index is 2.69. The Morgan fingerprint density at radius 1 is 1.32 bits per heavy atom. The van der Waals surface area contributed by atoms with Crippen molar-refractivity contribution in [3.8, 4) is 5.75 Å². The number of para-hydroxylation sites is 1. The van der Waals surface area contributed by atoms with Gasteiger partial charge in [0.1, 0.15) is 5.75 Å². The monoisotopic (exact) mass is 264 g/mol. The van der Waals surface area contributed by atoms with Crippen molar-refractivity contribution >= 4 is 5.91 Å². The Morgan fingerprint density at radius 2 is 2.00 bits per heavy atom. The standard InChI is InChI=1S/C15H24N2O2/c1-11-7-6-8-12(9-16-5)14(11)19-10-13(18)17-15(2,3)4/h6-8,16H,9-10H2,1-5H3,(H,17,18). The molecular formula is C15H24N2O2. The quantitative estimate of drug-likeness (QED) is 0.855. The molecule has 1 amide bonds. The highest BCUT2D eigenvalue weighted by molar-refractivity contribution is 5.78. The van der Waals surface area contributed by atoms with E-state index in [0.717, 1.165) is 23.4 Å². The molecule has 0 aliphatic carbocycles. The Morgan fingerprint density at radius 3 is 2.58 bits per heavy atom. The fourth-order valence-electron chi connectivity index (χ4n) is 1.84. The molecule has 0 unspecified atom stereocenters. The van der Waals surface area contributed by atoms with Crippen molar-refractivity contribution in [2.45, 2.75) is 39.8 Å². The van der Waals surface area contributed by atoms with Gasteiger partial charge in [-0.05, 0) is 40.3 Å². The number of nitrogens with one attached hydrogen (secondary N) is 2. The normalized spacial score (nSPS) is 11.2. The molecule has 0 bridgehead atoms. The molecule has 4 nitrogen and oxygen atoms in total. The second kappa shape index (κ2) is 6.57. The lowest BCUT2D eigenvalue weighted by Gasteiger charge is -2.21. The van der Waals surface area contributed by atoms with Crippen LogP contribution in [0.25, 0.3) is 0 Å². The van der Waals surface area contributed by atoms with Gasteiger partial charge in [0.15, 0.2) is 6.61 Å². The summed E-state index contributed by atoms with van der Waals surface area (Å²) in [7, 11) is 1.89. The molecule has 0 aliphatic rings. The third-order valence-electron chi connectivity index (χ3n) is 2.52. The largest absolute Gasteiger partial charge is 0.483 e. The molecule has 0 saturated carbocycles. The molecule has 0 aliphatic heterocycles. The second-order valence-corrected chi connectivity index (χ2v) is 5.68. The van der Waals surface area contributed by atoms with Gasteiger partial charge in [-0.3, -0.25) is 4.79 Å². The van der Waals surface area contributed by atoms with Gasteiger partial charge >= 0.3 is 0 Å². The molecule has 1 aromatic rings. The number of carbonyl (C=O) groups excluding carboxylic acids is 1. The molecule has 2 N–H and O–H groups in total. The zero-order valence-corrected chi connectivity index (χ0v) is 12.5. The zero-order valence-electron chi connectivity index (χ0n) is 12.5. The van der Waals surface area contributed by atoms with Gasteiger partial charge in [0.05, 0.1) is 0 Å². The van der Waals surface area contributed by atoms with Crippen LogP contribution in [-0.4, -0.2) is 25.1 Å². The zero-order chi connectivity index (χ0) is 14.5. The first kappa shape index (κ1) is 15.5. The predicted octanol–water partition coefficient (Wildman–Crippen LogP) is 2.01. The summed E-state index contributed by atoms with van der Waals surface area (Å²) >= 11 is 0.